The highest BCUT2D eigenvalue weighted by molar-refractivity contribution is 4.60. The fourth-order valence-electron chi connectivity index (χ4n) is 4.72. The predicted molar refractivity (Wildman–Crippen MR) is 232 cm³/mol. The van der Waals surface area contributed by atoms with Gasteiger partial charge in [0.1, 0.15) is 0 Å². The molecule has 1 atom stereocenters. The van der Waals surface area contributed by atoms with Crippen molar-refractivity contribution in [1.82, 2.24) is 0 Å². The topological polar surface area (TPSA) is 0 Å². The van der Waals surface area contributed by atoms with Crippen LogP contribution in [-0.2, 0) is 0 Å². The van der Waals surface area contributed by atoms with Crippen molar-refractivity contribution in [2.45, 2.75) is 297 Å². The third-order valence-corrected chi connectivity index (χ3v) is 8.09. The van der Waals surface area contributed by atoms with Crippen LogP contribution in [0, 0.1) is 11.8 Å². The molecule has 0 aliphatic carbocycles. The lowest BCUT2D eigenvalue weighted by Gasteiger charge is -2.16. The quantitative estimate of drug-likeness (QED) is 0.0895. The summed E-state index contributed by atoms with van der Waals surface area (Å²) in [5.74, 6) is 1.88. The van der Waals surface area contributed by atoms with E-state index in [2.05, 4.69) is 111 Å². The zero-order valence-electron chi connectivity index (χ0n) is 37.7. The van der Waals surface area contributed by atoms with Crippen molar-refractivity contribution < 1.29 is 0 Å². The van der Waals surface area contributed by atoms with Crippen molar-refractivity contribution in [2.24, 2.45) is 11.8 Å². The van der Waals surface area contributed by atoms with Crippen LogP contribution in [0.4, 0.5) is 0 Å². The van der Waals surface area contributed by atoms with Gasteiger partial charge in [-0.3, -0.25) is 0 Å². The van der Waals surface area contributed by atoms with E-state index in [4.69, 9.17) is 0 Å². The van der Waals surface area contributed by atoms with Crippen LogP contribution < -0.4 is 0 Å². The molecule has 0 saturated heterocycles. The summed E-state index contributed by atoms with van der Waals surface area (Å²) in [5.41, 5.74) is 0. The third kappa shape index (κ3) is 114. The molecule has 0 fully saturated rings. The van der Waals surface area contributed by atoms with Crippen LogP contribution in [0.3, 0.4) is 0 Å². The van der Waals surface area contributed by atoms with Gasteiger partial charge in [0.25, 0.3) is 0 Å². The molecule has 0 aromatic rings. The summed E-state index contributed by atoms with van der Waals surface area (Å²) in [6, 6.07) is 0. The predicted octanol–water partition coefficient (Wildman–Crippen LogP) is 19.8. The van der Waals surface area contributed by atoms with Gasteiger partial charge in [0.2, 0.25) is 0 Å². The standard InChI is InChI=1S/C12H26.C7H16.3C6H14.2C5H12/c1-5-7-8-9-12(6-2)10-11(3)4;1-3-5-7-6-4-2;3*1-3-5-6-4-2;2*1-3-5-4-2/h11-12H,5-10H2,1-4H3;3-7H2,1-2H3;3*3-6H2,1-2H3;2*3-5H2,1-2H3. The van der Waals surface area contributed by atoms with E-state index in [1.165, 1.54) is 186 Å². The van der Waals surface area contributed by atoms with E-state index in [9.17, 15) is 0 Å². The van der Waals surface area contributed by atoms with Gasteiger partial charge in [-0.2, -0.15) is 0 Å². The number of hydrogen-bond donors (Lipinski definition) is 0. The lowest BCUT2D eigenvalue weighted by Crippen LogP contribution is -2.03. The van der Waals surface area contributed by atoms with Gasteiger partial charge in [0, 0.05) is 0 Å². The molecule has 0 heteroatoms. The molecule has 296 valence electrons. The molecule has 0 spiro atoms. The van der Waals surface area contributed by atoms with Crippen LogP contribution in [0.2, 0.25) is 0 Å². The molecule has 0 aliphatic heterocycles. The highest BCUT2D eigenvalue weighted by atomic mass is 14.1. The first-order valence-electron chi connectivity index (χ1n) is 22.7. The minimum atomic E-state index is 0.886. The van der Waals surface area contributed by atoms with Gasteiger partial charge in [0.15, 0.2) is 0 Å². The molecular formula is C47H108. The second-order valence-corrected chi connectivity index (χ2v) is 14.3. The Bertz CT molecular complexity index is 312. The molecule has 0 aromatic carbocycles. The Balaban J connectivity index is -0.0000000816. The molecule has 0 aliphatic rings. The zero-order valence-corrected chi connectivity index (χ0v) is 37.7. The van der Waals surface area contributed by atoms with Crippen molar-refractivity contribution in [1.29, 1.82) is 0 Å². The third-order valence-electron chi connectivity index (χ3n) is 8.09. The Labute approximate surface area is 308 Å². The first-order chi connectivity index (χ1) is 22.7. The van der Waals surface area contributed by atoms with Gasteiger partial charge in [-0.15, -0.1) is 0 Å². The van der Waals surface area contributed by atoms with Crippen molar-refractivity contribution in [3.8, 4) is 0 Å². The average Bonchev–Trinajstić information content (AvgIpc) is 3.07. The molecule has 0 nitrogen and oxygen atoms in total. The largest absolute Gasteiger partial charge is 0.0654 e. The Morgan fingerprint density at radius 1 is 0.255 bits per heavy atom. The second-order valence-electron chi connectivity index (χ2n) is 14.3. The number of unbranched alkanes of at least 4 members (excludes halogenated alkanes) is 19. The van der Waals surface area contributed by atoms with Gasteiger partial charge >= 0.3 is 0 Å². The van der Waals surface area contributed by atoms with Gasteiger partial charge in [-0.25, -0.2) is 0 Å². The van der Waals surface area contributed by atoms with E-state index < -0.39 is 0 Å². The van der Waals surface area contributed by atoms with Crippen molar-refractivity contribution in [3.05, 3.63) is 0 Å². The molecule has 0 amide bonds. The Morgan fingerprint density at radius 2 is 0.468 bits per heavy atom. The highest BCUT2D eigenvalue weighted by Crippen LogP contribution is 2.21. The maximum absolute atomic E-state index is 2.34. The Morgan fingerprint density at radius 3 is 0.638 bits per heavy atom. The monoisotopic (exact) mass is 673 g/mol. The first kappa shape index (κ1) is 62.2. The van der Waals surface area contributed by atoms with Crippen LogP contribution >= 0.6 is 0 Å². The summed E-state index contributed by atoms with van der Waals surface area (Å²) in [6.45, 7) is 36.0. The van der Waals surface area contributed by atoms with Crippen LogP contribution in [0.25, 0.3) is 0 Å². The van der Waals surface area contributed by atoms with E-state index in [0.29, 0.717) is 0 Å². The van der Waals surface area contributed by atoms with Crippen LogP contribution in [0.15, 0.2) is 0 Å². The molecule has 0 N–H and O–H groups in total. The number of rotatable bonds is 24. The van der Waals surface area contributed by atoms with E-state index in [1.54, 1.807) is 0 Å². The Kier molecular flexibility index (Phi) is 101. The van der Waals surface area contributed by atoms with Crippen LogP contribution in [-0.4, -0.2) is 0 Å². The van der Waals surface area contributed by atoms with Crippen LogP contribution in [0.1, 0.15) is 297 Å². The summed E-state index contributed by atoms with van der Waals surface area (Å²) in [6.07, 6.45) is 40.3. The number of hydrogen-bond acceptors (Lipinski definition) is 0. The second kappa shape index (κ2) is 76.0. The summed E-state index contributed by atoms with van der Waals surface area (Å²) >= 11 is 0. The van der Waals surface area contributed by atoms with E-state index in [-0.39, 0.29) is 0 Å². The van der Waals surface area contributed by atoms with Gasteiger partial charge < -0.3 is 0 Å². The lowest BCUT2D eigenvalue weighted by atomic mass is 9.90. The molecule has 1 unspecified atom stereocenters. The highest BCUT2D eigenvalue weighted by Gasteiger charge is 2.07. The first-order valence-corrected chi connectivity index (χ1v) is 22.7. The van der Waals surface area contributed by atoms with Crippen molar-refractivity contribution >= 4 is 0 Å². The summed E-state index contributed by atoms with van der Waals surface area (Å²) in [7, 11) is 0. The fourth-order valence-corrected chi connectivity index (χ4v) is 4.72. The van der Waals surface area contributed by atoms with Gasteiger partial charge in [0.05, 0.1) is 0 Å². The molecule has 0 heterocycles. The molecular weight excluding hydrogens is 565 g/mol. The van der Waals surface area contributed by atoms with Gasteiger partial charge in [-0.1, -0.05) is 291 Å². The molecule has 0 bridgehead atoms. The molecule has 47 heavy (non-hydrogen) atoms. The maximum atomic E-state index is 2.34. The zero-order chi connectivity index (χ0) is 37.7. The Hall–Kier alpha value is 0. The summed E-state index contributed by atoms with van der Waals surface area (Å²) in [4.78, 5) is 0. The SMILES string of the molecule is CCCCC.CCCCC.CCCCCC.CCCCCC.CCCCCC.CCCCCC(CC)CC(C)C.CCCCCCC. The minimum Gasteiger partial charge on any atom is -0.0654 e. The average molecular weight is 673 g/mol. The molecule has 0 rings (SSSR count). The van der Waals surface area contributed by atoms with Gasteiger partial charge in [-0.05, 0) is 18.3 Å². The normalized spacial score (nSPS) is 10.1. The minimum absolute atomic E-state index is 0.886. The molecule has 0 saturated carbocycles. The van der Waals surface area contributed by atoms with Crippen molar-refractivity contribution in [3.63, 3.8) is 0 Å². The van der Waals surface area contributed by atoms with E-state index >= 15 is 0 Å². The smallest absolute Gasteiger partial charge is 0.0414 e. The molecule has 0 aromatic heterocycles. The van der Waals surface area contributed by atoms with Crippen LogP contribution in [0.5, 0.6) is 0 Å². The van der Waals surface area contributed by atoms with Crippen molar-refractivity contribution in [2.75, 3.05) is 0 Å². The van der Waals surface area contributed by atoms with E-state index in [0.717, 1.165) is 11.8 Å². The van der Waals surface area contributed by atoms with E-state index in [1.807, 2.05) is 0 Å². The summed E-state index contributed by atoms with van der Waals surface area (Å²) < 4.78 is 0. The maximum Gasteiger partial charge on any atom is -0.0414 e. The molecule has 0 radical (unpaired) electrons. The lowest BCUT2D eigenvalue weighted by molar-refractivity contribution is 0.363. The fraction of sp³-hybridized carbons (Fsp3) is 1.00. The summed E-state index contributed by atoms with van der Waals surface area (Å²) in [5, 5.41) is 0.